The lowest BCUT2D eigenvalue weighted by molar-refractivity contribution is -0.140. The fourth-order valence-electron chi connectivity index (χ4n) is 5.35. The van der Waals surface area contributed by atoms with Crippen LogP contribution in [0.25, 0.3) is 0 Å². The molecular formula is C26H34N6O5. The van der Waals surface area contributed by atoms with Crippen molar-refractivity contribution in [3.8, 4) is 6.07 Å². The highest BCUT2D eigenvalue weighted by atomic mass is 16.6. The number of nitrogens with zero attached hydrogens (tertiary/aromatic N) is 4. The largest absolute Gasteiger partial charge is 0.444 e. The maximum atomic E-state index is 13.4. The minimum absolute atomic E-state index is 0.0239. The standard InChI is InChI=1S/C26H34N6O5/c1-26(2,3)37-25(36)29-20(23(34)31-10-4-5-18(31)12-27)15-30-14-19-11-21(30)24(35)32(19)13-16-6-8-17(9-7-16)22(28)33/h6-9,18-21H,4-5,10-11,13-15H2,1-3H3,(H2,28,33)(H,29,36)/t18-,19+,20-,21+/m0/s1. The fourth-order valence-corrected chi connectivity index (χ4v) is 5.35. The first kappa shape index (κ1) is 26.4. The molecule has 4 atom stereocenters. The van der Waals surface area contributed by atoms with E-state index in [9.17, 15) is 24.4 Å². The summed E-state index contributed by atoms with van der Waals surface area (Å²) < 4.78 is 5.38. The molecule has 1 aromatic rings. The average molecular weight is 511 g/mol. The van der Waals surface area contributed by atoms with Crippen LogP contribution in [0.15, 0.2) is 24.3 Å². The first-order valence-electron chi connectivity index (χ1n) is 12.6. The molecule has 11 nitrogen and oxygen atoms in total. The number of hydrogen-bond donors (Lipinski definition) is 2. The van der Waals surface area contributed by atoms with Gasteiger partial charge in [0, 0.05) is 37.8 Å². The van der Waals surface area contributed by atoms with Crippen molar-refractivity contribution in [3.05, 3.63) is 35.4 Å². The van der Waals surface area contributed by atoms with Gasteiger partial charge in [-0.25, -0.2) is 4.79 Å². The Kier molecular flexibility index (Phi) is 7.41. The summed E-state index contributed by atoms with van der Waals surface area (Å²) in [5.41, 5.74) is 5.88. The fraction of sp³-hybridized carbons (Fsp3) is 0.577. The molecular weight excluding hydrogens is 476 g/mol. The Bertz CT molecular complexity index is 1110. The van der Waals surface area contributed by atoms with Gasteiger partial charge in [0.15, 0.2) is 0 Å². The van der Waals surface area contributed by atoms with Crippen LogP contribution in [0.3, 0.4) is 0 Å². The highest BCUT2D eigenvalue weighted by Gasteiger charge is 2.50. The summed E-state index contributed by atoms with van der Waals surface area (Å²) >= 11 is 0. The zero-order chi connectivity index (χ0) is 26.9. The number of nitrogens with two attached hydrogens (primary N) is 1. The Morgan fingerprint density at radius 1 is 1.24 bits per heavy atom. The van der Waals surface area contributed by atoms with Crippen LogP contribution in [-0.2, 0) is 20.9 Å². The number of rotatable bonds is 7. The Morgan fingerprint density at radius 3 is 2.54 bits per heavy atom. The van der Waals surface area contributed by atoms with Gasteiger partial charge in [0.1, 0.15) is 17.7 Å². The highest BCUT2D eigenvalue weighted by molar-refractivity contribution is 5.92. The third-order valence-electron chi connectivity index (χ3n) is 7.07. The number of alkyl carbamates (subject to hydrolysis) is 1. The van der Waals surface area contributed by atoms with Crippen LogP contribution >= 0.6 is 0 Å². The topological polar surface area (TPSA) is 149 Å². The molecule has 3 heterocycles. The summed E-state index contributed by atoms with van der Waals surface area (Å²) in [6, 6.07) is 7.16. The number of carbonyl (C=O) groups is 4. The molecule has 2 bridgehead atoms. The number of benzene rings is 1. The quantitative estimate of drug-likeness (QED) is 0.555. The molecule has 37 heavy (non-hydrogen) atoms. The van der Waals surface area contributed by atoms with Gasteiger partial charge in [-0.2, -0.15) is 5.26 Å². The summed E-state index contributed by atoms with van der Waals surface area (Å²) in [6.07, 6.45) is 1.25. The minimum Gasteiger partial charge on any atom is -0.444 e. The van der Waals surface area contributed by atoms with Crippen LogP contribution in [0.1, 0.15) is 56.0 Å². The molecule has 0 saturated carbocycles. The predicted octanol–water partition coefficient (Wildman–Crippen LogP) is 0.978. The van der Waals surface area contributed by atoms with Gasteiger partial charge in [0.2, 0.25) is 17.7 Å². The number of likely N-dealkylation sites (tertiary alicyclic amines) is 3. The summed E-state index contributed by atoms with van der Waals surface area (Å²) in [7, 11) is 0. The lowest BCUT2D eigenvalue weighted by Gasteiger charge is -2.36. The number of nitriles is 1. The van der Waals surface area contributed by atoms with Gasteiger partial charge in [-0.15, -0.1) is 0 Å². The second kappa shape index (κ2) is 10.4. The molecule has 198 valence electrons. The molecule has 0 aromatic heterocycles. The van der Waals surface area contributed by atoms with Crippen molar-refractivity contribution in [2.24, 2.45) is 5.73 Å². The van der Waals surface area contributed by atoms with Crippen LogP contribution in [0.5, 0.6) is 0 Å². The Morgan fingerprint density at radius 2 is 1.95 bits per heavy atom. The monoisotopic (exact) mass is 510 g/mol. The Labute approximate surface area is 216 Å². The first-order valence-corrected chi connectivity index (χ1v) is 12.6. The van der Waals surface area contributed by atoms with Crippen molar-refractivity contribution in [3.63, 3.8) is 0 Å². The van der Waals surface area contributed by atoms with Gasteiger partial charge in [-0.05, 0) is 57.7 Å². The SMILES string of the molecule is CC(C)(C)OC(=O)N[C@@H](CN1C[C@H]2C[C@@H]1C(=O)N2Cc1ccc(C(N)=O)cc1)C(=O)N1CCC[C@H]1C#N. The number of nitrogens with one attached hydrogen (secondary N) is 1. The third-order valence-corrected chi connectivity index (χ3v) is 7.07. The van der Waals surface area contributed by atoms with Crippen LogP contribution in [-0.4, -0.2) is 87.9 Å². The molecule has 1 aromatic carbocycles. The molecule has 3 N–H and O–H groups in total. The normalized spacial score (nSPS) is 24.2. The molecule has 0 unspecified atom stereocenters. The summed E-state index contributed by atoms with van der Waals surface area (Å²) in [5, 5.41) is 12.2. The lowest BCUT2D eigenvalue weighted by Crippen LogP contribution is -2.58. The van der Waals surface area contributed by atoms with Crippen LogP contribution in [0, 0.1) is 11.3 Å². The van der Waals surface area contributed by atoms with Crippen LogP contribution < -0.4 is 11.1 Å². The van der Waals surface area contributed by atoms with Crippen LogP contribution in [0.4, 0.5) is 4.79 Å². The first-order chi connectivity index (χ1) is 17.5. The molecule has 4 rings (SSSR count). The number of hydrogen-bond acceptors (Lipinski definition) is 7. The Balaban J connectivity index is 1.44. The predicted molar refractivity (Wildman–Crippen MR) is 133 cm³/mol. The van der Waals surface area contributed by atoms with Crippen molar-refractivity contribution < 1.29 is 23.9 Å². The number of amides is 4. The van der Waals surface area contributed by atoms with E-state index in [0.717, 1.165) is 12.0 Å². The summed E-state index contributed by atoms with van der Waals surface area (Å²) in [6.45, 7) is 6.81. The van der Waals surface area contributed by atoms with Crippen molar-refractivity contribution in [2.45, 2.75) is 76.3 Å². The smallest absolute Gasteiger partial charge is 0.408 e. The zero-order valence-electron chi connectivity index (χ0n) is 21.5. The summed E-state index contributed by atoms with van der Waals surface area (Å²) in [4.78, 5) is 55.8. The van der Waals surface area contributed by atoms with Gasteiger partial charge in [0.25, 0.3) is 0 Å². The lowest BCUT2D eigenvalue weighted by atomic mass is 10.1. The van der Waals surface area contributed by atoms with E-state index in [1.165, 1.54) is 4.90 Å². The van der Waals surface area contributed by atoms with Crippen molar-refractivity contribution in [2.75, 3.05) is 19.6 Å². The van der Waals surface area contributed by atoms with E-state index < -0.39 is 35.7 Å². The molecule has 0 aliphatic carbocycles. The second-order valence-corrected chi connectivity index (χ2v) is 10.9. The number of ether oxygens (including phenoxy) is 1. The van der Waals surface area contributed by atoms with Crippen molar-refractivity contribution >= 4 is 23.8 Å². The number of primary amides is 1. The number of carbonyl (C=O) groups excluding carboxylic acids is 4. The van der Waals surface area contributed by atoms with E-state index in [0.29, 0.717) is 38.0 Å². The molecule has 3 fully saturated rings. The van der Waals surface area contributed by atoms with Gasteiger partial charge >= 0.3 is 6.09 Å². The molecule has 3 saturated heterocycles. The number of piperazine rings is 1. The van der Waals surface area contributed by atoms with E-state index in [2.05, 4.69) is 11.4 Å². The van der Waals surface area contributed by atoms with E-state index in [1.807, 2.05) is 9.80 Å². The van der Waals surface area contributed by atoms with E-state index in [-0.39, 0.29) is 24.4 Å². The van der Waals surface area contributed by atoms with Crippen molar-refractivity contribution in [1.82, 2.24) is 20.0 Å². The molecule has 11 heteroatoms. The van der Waals surface area contributed by atoms with E-state index in [4.69, 9.17) is 10.5 Å². The molecule has 4 amide bonds. The summed E-state index contributed by atoms with van der Waals surface area (Å²) in [5.74, 6) is -0.871. The molecule has 3 aliphatic heterocycles. The highest BCUT2D eigenvalue weighted by Crippen LogP contribution is 2.33. The van der Waals surface area contributed by atoms with E-state index in [1.54, 1.807) is 45.0 Å². The van der Waals surface area contributed by atoms with Gasteiger partial charge in [-0.1, -0.05) is 12.1 Å². The Hall–Kier alpha value is -3.65. The van der Waals surface area contributed by atoms with Gasteiger partial charge < -0.3 is 25.6 Å². The molecule has 0 radical (unpaired) electrons. The van der Waals surface area contributed by atoms with E-state index >= 15 is 0 Å². The minimum atomic E-state index is -0.939. The molecule has 3 aliphatic rings. The number of fused-ring (bicyclic) bond motifs is 2. The third kappa shape index (κ3) is 5.85. The van der Waals surface area contributed by atoms with Crippen molar-refractivity contribution in [1.29, 1.82) is 5.26 Å². The maximum absolute atomic E-state index is 13.4. The van der Waals surface area contributed by atoms with Gasteiger partial charge in [0.05, 0.1) is 12.1 Å². The zero-order valence-corrected chi connectivity index (χ0v) is 21.5. The second-order valence-electron chi connectivity index (χ2n) is 10.9. The van der Waals surface area contributed by atoms with Crippen LogP contribution in [0.2, 0.25) is 0 Å². The average Bonchev–Trinajstić information content (AvgIpc) is 3.53. The maximum Gasteiger partial charge on any atom is 0.408 e. The molecule has 0 spiro atoms. The van der Waals surface area contributed by atoms with Gasteiger partial charge in [-0.3, -0.25) is 19.3 Å².